The summed E-state index contributed by atoms with van der Waals surface area (Å²) in [6.07, 6.45) is 1.30. The first kappa shape index (κ1) is 11.4. The van der Waals surface area contributed by atoms with Crippen molar-refractivity contribution in [3.8, 4) is 0 Å². The Bertz CT molecular complexity index is 379. The summed E-state index contributed by atoms with van der Waals surface area (Å²) in [6, 6.07) is 6.20. The number of non-ortho nitro benzene ring substituents is 1. The summed E-state index contributed by atoms with van der Waals surface area (Å²) >= 11 is 0. The Morgan fingerprint density at radius 1 is 1.47 bits per heavy atom. The minimum atomic E-state index is -0.500. The van der Waals surface area contributed by atoms with Crippen LogP contribution in [0.25, 0.3) is 6.08 Å². The van der Waals surface area contributed by atoms with Gasteiger partial charge in [0.25, 0.3) is 5.69 Å². The zero-order chi connectivity index (χ0) is 11.4. The molecule has 1 atom stereocenters. The second-order valence-electron chi connectivity index (χ2n) is 3.41. The van der Waals surface area contributed by atoms with Crippen molar-refractivity contribution in [3.63, 3.8) is 0 Å². The third-order valence-corrected chi connectivity index (χ3v) is 2.16. The first-order valence-corrected chi connectivity index (χ1v) is 4.61. The van der Waals surface area contributed by atoms with Crippen LogP contribution in [-0.4, -0.2) is 16.1 Å². The maximum atomic E-state index is 10.4. The summed E-state index contributed by atoms with van der Waals surface area (Å²) in [4.78, 5) is 9.96. The number of nitrogens with zero attached hydrogens (tertiary/aromatic N) is 1. The Hall–Kier alpha value is -1.68. The van der Waals surface area contributed by atoms with E-state index in [0.29, 0.717) is 0 Å². The van der Waals surface area contributed by atoms with Crippen LogP contribution >= 0.6 is 0 Å². The number of nitro benzene ring substituents is 1. The zero-order valence-corrected chi connectivity index (χ0v) is 8.68. The molecule has 0 aliphatic rings. The van der Waals surface area contributed by atoms with Gasteiger partial charge in [-0.15, -0.1) is 0 Å². The molecule has 0 saturated heterocycles. The van der Waals surface area contributed by atoms with E-state index in [-0.39, 0.29) is 5.69 Å². The van der Waals surface area contributed by atoms with E-state index in [4.69, 9.17) is 0 Å². The zero-order valence-electron chi connectivity index (χ0n) is 8.68. The summed E-state index contributed by atoms with van der Waals surface area (Å²) in [6.45, 7) is 3.49. The molecule has 0 aliphatic carbocycles. The molecule has 15 heavy (non-hydrogen) atoms. The van der Waals surface area contributed by atoms with E-state index in [1.54, 1.807) is 25.1 Å². The second-order valence-corrected chi connectivity index (χ2v) is 3.41. The van der Waals surface area contributed by atoms with Crippen molar-refractivity contribution in [1.29, 1.82) is 0 Å². The molecule has 0 heterocycles. The molecule has 1 rings (SSSR count). The van der Waals surface area contributed by atoms with Crippen molar-refractivity contribution in [2.24, 2.45) is 0 Å². The molecule has 1 N–H and O–H groups in total. The van der Waals surface area contributed by atoms with Crippen LogP contribution < -0.4 is 0 Å². The highest BCUT2D eigenvalue weighted by atomic mass is 16.6. The van der Waals surface area contributed by atoms with Crippen molar-refractivity contribution >= 4 is 11.8 Å². The Labute approximate surface area is 88.0 Å². The maximum absolute atomic E-state index is 10.4. The molecule has 0 amide bonds. The fourth-order valence-corrected chi connectivity index (χ4v) is 1.08. The van der Waals surface area contributed by atoms with Crippen molar-refractivity contribution in [2.75, 3.05) is 0 Å². The van der Waals surface area contributed by atoms with Gasteiger partial charge in [0.2, 0.25) is 0 Å². The van der Waals surface area contributed by atoms with Gasteiger partial charge in [0.05, 0.1) is 11.0 Å². The van der Waals surface area contributed by atoms with E-state index in [9.17, 15) is 15.2 Å². The second kappa shape index (κ2) is 4.70. The molecule has 1 aromatic carbocycles. The minimum Gasteiger partial charge on any atom is -0.389 e. The summed E-state index contributed by atoms with van der Waals surface area (Å²) in [5, 5.41) is 19.6. The molecule has 0 saturated carbocycles. The van der Waals surface area contributed by atoms with Crippen molar-refractivity contribution in [3.05, 3.63) is 45.5 Å². The number of benzene rings is 1. The Kier molecular flexibility index (Phi) is 3.57. The highest BCUT2D eigenvalue weighted by Gasteiger charge is 2.03. The van der Waals surface area contributed by atoms with Gasteiger partial charge in [-0.2, -0.15) is 0 Å². The van der Waals surface area contributed by atoms with Gasteiger partial charge >= 0.3 is 0 Å². The summed E-state index contributed by atoms with van der Waals surface area (Å²) in [5.41, 5.74) is 1.74. The quantitative estimate of drug-likeness (QED) is 0.611. The lowest BCUT2D eigenvalue weighted by Gasteiger charge is -2.03. The van der Waals surface area contributed by atoms with E-state index < -0.39 is 11.0 Å². The van der Waals surface area contributed by atoms with E-state index in [0.717, 1.165) is 11.1 Å². The molecule has 80 valence electrons. The molecular weight excluding hydrogens is 194 g/mol. The first-order valence-electron chi connectivity index (χ1n) is 4.61. The first-order chi connectivity index (χ1) is 7.00. The van der Waals surface area contributed by atoms with Crippen LogP contribution in [0.15, 0.2) is 29.8 Å². The Morgan fingerprint density at radius 3 is 2.40 bits per heavy atom. The standard InChI is InChI=1S/C11H13NO3/c1-8(9(2)13)7-10-3-5-11(6-4-10)12(14)15/h3-7,9,13H,1-2H3/b8-7+. The monoisotopic (exact) mass is 207 g/mol. The maximum Gasteiger partial charge on any atom is 0.269 e. The highest BCUT2D eigenvalue weighted by Crippen LogP contribution is 2.15. The molecule has 4 heteroatoms. The lowest BCUT2D eigenvalue weighted by atomic mass is 10.1. The molecule has 0 radical (unpaired) electrons. The van der Waals surface area contributed by atoms with E-state index >= 15 is 0 Å². The third kappa shape index (κ3) is 3.18. The summed E-state index contributed by atoms with van der Waals surface area (Å²) < 4.78 is 0. The van der Waals surface area contributed by atoms with Crippen molar-refractivity contribution < 1.29 is 10.0 Å². The average Bonchev–Trinajstić information content (AvgIpc) is 2.18. The number of nitro groups is 1. The van der Waals surface area contributed by atoms with Gasteiger partial charge < -0.3 is 5.11 Å². The Balaban J connectivity index is 2.90. The van der Waals surface area contributed by atoms with Crippen LogP contribution in [0, 0.1) is 10.1 Å². The molecule has 0 bridgehead atoms. The minimum absolute atomic E-state index is 0.0712. The number of hydrogen-bond acceptors (Lipinski definition) is 3. The van der Waals surface area contributed by atoms with Crippen LogP contribution in [0.2, 0.25) is 0 Å². The van der Waals surface area contributed by atoms with Gasteiger partial charge in [-0.3, -0.25) is 10.1 Å². The van der Waals surface area contributed by atoms with Crippen molar-refractivity contribution in [2.45, 2.75) is 20.0 Å². The van der Waals surface area contributed by atoms with Gasteiger partial charge in [-0.05, 0) is 37.1 Å². The molecular formula is C11H13NO3. The SMILES string of the molecule is C/C(=C\c1ccc([N+](=O)[O-])cc1)C(C)O. The molecule has 0 fully saturated rings. The van der Waals surface area contributed by atoms with Crippen LogP contribution in [0.1, 0.15) is 19.4 Å². The molecule has 1 unspecified atom stereocenters. The van der Waals surface area contributed by atoms with E-state index in [2.05, 4.69) is 0 Å². The lowest BCUT2D eigenvalue weighted by molar-refractivity contribution is -0.384. The van der Waals surface area contributed by atoms with Crippen molar-refractivity contribution in [1.82, 2.24) is 0 Å². The van der Waals surface area contributed by atoms with Gasteiger partial charge in [-0.25, -0.2) is 0 Å². The topological polar surface area (TPSA) is 63.4 Å². The third-order valence-electron chi connectivity index (χ3n) is 2.16. The average molecular weight is 207 g/mol. The fourth-order valence-electron chi connectivity index (χ4n) is 1.08. The lowest BCUT2D eigenvalue weighted by Crippen LogP contribution is -2.00. The van der Waals surface area contributed by atoms with Gasteiger partial charge in [-0.1, -0.05) is 6.08 Å². The fraction of sp³-hybridized carbons (Fsp3) is 0.273. The van der Waals surface area contributed by atoms with Gasteiger partial charge in [0.15, 0.2) is 0 Å². The molecule has 1 aromatic rings. The number of rotatable bonds is 3. The van der Waals surface area contributed by atoms with E-state index in [1.165, 1.54) is 12.1 Å². The molecule has 0 spiro atoms. The number of hydrogen-bond donors (Lipinski definition) is 1. The predicted octanol–water partition coefficient (Wildman–Crippen LogP) is 2.38. The summed E-state index contributed by atoms with van der Waals surface area (Å²) in [7, 11) is 0. The van der Waals surface area contributed by atoms with Crippen LogP contribution in [0.5, 0.6) is 0 Å². The van der Waals surface area contributed by atoms with Crippen LogP contribution in [0.4, 0.5) is 5.69 Å². The Morgan fingerprint density at radius 2 is 2.00 bits per heavy atom. The molecule has 4 nitrogen and oxygen atoms in total. The van der Waals surface area contributed by atoms with Crippen LogP contribution in [-0.2, 0) is 0 Å². The van der Waals surface area contributed by atoms with Crippen LogP contribution in [0.3, 0.4) is 0 Å². The highest BCUT2D eigenvalue weighted by molar-refractivity contribution is 5.55. The predicted molar refractivity (Wildman–Crippen MR) is 58.4 cm³/mol. The number of aliphatic hydroxyl groups is 1. The summed E-state index contributed by atoms with van der Waals surface area (Å²) in [5.74, 6) is 0. The molecule has 0 aliphatic heterocycles. The smallest absolute Gasteiger partial charge is 0.269 e. The largest absolute Gasteiger partial charge is 0.389 e. The normalized spacial score (nSPS) is 13.7. The number of aliphatic hydroxyl groups excluding tert-OH is 1. The molecule has 0 aromatic heterocycles. The van der Waals surface area contributed by atoms with E-state index in [1.807, 2.05) is 6.92 Å². The van der Waals surface area contributed by atoms with Gasteiger partial charge in [0.1, 0.15) is 0 Å². The van der Waals surface area contributed by atoms with Gasteiger partial charge in [0, 0.05) is 12.1 Å².